The lowest BCUT2D eigenvalue weighted by molar-refractivity contribution is 0.0680. The van der Waals surface area contributed by atoms with Crippen molar-refractivity contribution in [1.82, 2.24) is 5.32 Å². The zero-order valence-electron chi connectivity index (χ0n) is 13.4. The summed E-state index contributed by atoms with van der Waals surface area (Å²) in [6.07, 6.45) is 1.89. The summed E-state index contributed by atoms with van der Waals surface area (Å²) < 4.78 is 24.4. The molecule has 4 heteroatoms. The molecule has 0 amide bonds. The summed E-state index contributed by atoms with van der Waals surface area (Å²) in [5, 5.41) is 3.36. The number of halogens is 1. The lowest BCUT2D eigenvalue weighted by Gasteiger charge is -2.19. The van der Waals surface area contributed by atoms with Gasteiger partial charge in [-0.3, -0.25) is 0 Å². The topological polar surface area (TPSA) is 30.5 Å². The molecule has 0 bridgehead atoms. The van der Waals surface area contributed by atoms with Crippen LogP contribution < -0.4 is 5.32 Å². The number of benzene rings is 1. The minimum Gasteiger partial charge on any atom is -0.383 e. The van der Waals surface area contributed by atoms with E-state index in [1.165, 1.54) is 6.07 Å². The van der Waals surface area contributed by atoms with Gasteiger partial charge < -0.3 is 14.8 Å². The normalized spacial score (nSPS) is 12.8. The number of ether oxygens (including phenoxy) is 2. The lowest BCUT2D eigenvalue weighted by atomic mass is 9.96. The predicted octanol–water partition coefficient (Wildman–Crippen LogP) is 3.04. The highest BCUT2D eigenvalue weighted by molar-refractivity contribution is 5.17. The Kier molecular flexibility index (Phi) is 9.22. The van der Waals surface area contributed by atoms with Crippen molar-refractivity contribution in [2.75, 3.05) is 33.4 Å². The highest BCUT2D eigenvalue weighted by Crippen LogP contribution is 2.15. The molecule has 1 unspecified atom stereocenters. The second-order valence-corrected chi connectivity index (χ2v) is 5.57. The van der Waals surface area contributed by atoms with E-state index < -0.39 is 0 Å². The van der Waals surface area contributed by atoms with Crippen LogP contribution in [-0.2, 0) is 15.9 Å². The SMILES string of the molecule is COCCNCC(CCOC(C)C)Cc1ccccc1F. The number of hydrogen-bond acceptors (Lipinski definition) is 3. The van der Waals surface area contributed by atoms with Crippen molar-refractivity contribution in [2.45, 2.75) is 32.8 Å². The molecule has 1 N–H and O–H groups in total. The third kappa shape index (κ3) is 8.15. The summed E-state index contributed by atoms with van der Waals surface area (Å²) in [7, 11) is 1.69. The van der Waals surface area contributed by atoms with E-state index in [-0.39, 0.29) is 11.9 Å². The van der Waals surface area contributed by atoms with E-state index >= 15 is 0 Å². The third-order valence-corrected chi connectivity index (χ3v) is 3.36. The number of nitrogens with one attached hydrogen (secondary N) is 1. The van der Waals surface area contributed by atoms with Crippen molar-refractivity contribution < 1.29 is 13.9 Å². The first-order valence-corrected chi connectivity index (χ1v) is 7.68. The second-order valence-electron chi connectivity index (χ2n) is 5.57. The molecule has 0 spiro atoms. The predicted molar refractivity (Wildman–Crippen MR) is 84.0 cm³/mol. The van der Waals surface area contributed by atoms with Crippen LogP contribution in [0.15, 0.2) is 24.3 Å². The van der Waals surface area contributed by atoms with Crippen LogP contribution in [0.2, 0.25) is 0 Å². The molecule has 0 aliphatic carbocycles. The monoisotopic (exact) mass is 297 g/mol. The molecule has 1 atom stereocenters. The van der Waals surface area contributed by atoms with Crippen LogP contribution >= 0.6 is 0 Å². The Morgan fingerprint density at radius 1 is 1.19 bits per heavy atom. The van der Waals surface area contributed by atoms with Gasteiger partial charge >= 0.3 is 0 Å². The molecule has 0 fully saturated rings. The van der Waals surface area contributed by atoms with E-state index in [1.54, 1.807) is 13.2 Å². The van der Waals surface area contributed by atoms with Gasteiger partial charge in [0, 0.05) is 20.3 Å². The Balaban J connectivity index is 2.47. The molecule has 1 aromatic rings. The first-order chi connectivity index (χ1) is 10.1. The van der Waals surface area contributed by atoms with Gasteiger partial charge in [-0.1, -0.05) is 18.2 Å². The maximum Gasteiger partial charge on any atom is 0.126 e. The minimum absolute atomic E-state index is 0.121. The summed E-state index contributed by atoms with van der Waals surface area (Å²) >= 11 is 0. The number of hydrogen-bond donors (Lipinski definition) is 1. The first-order valence-electron chi connectivity index (χ1n) is 7.68. The Hall–Kier alpha value is -0.970. The summed E-state index contributed by atoms with van der Waals surface area (Å²) in [5.41, 5.74) is 0.778. The molecule has 1 aromatic carbocycles. The van der Waals surface area contributed by atoms with Crippen molar-refractivity contribution in [1.29, 1.82) is 0 Å². The quantitative estimate of drug-likeness (QED) is 0.637. The average Bonchev–Trinajstić information content (AvgIpc) is 2.45. The van der Waals surface area contributed by atoms with Crippen molar-refractivity contribution in [2.24, 2.45) is 5.92 Å². The summed E-state index contributed by atoms with van der Waals surface area (Å²) in [4.78, 5) is 0. The average molecular weight is 297 g/mol. The Labute approximate surface area is 127 Å². The second kappa shape index (κ2) is 10.7. The largest absolute Gasteiger partial charge is 0.383 e. The van der Waals surface area contributed by atoms with Crippen molar-refractivity contribution >= 4 is 0 Å². The molecular weight excluding hydrogens is 269 g/mol. The molecule has 0 radical (unpaired) electrons. The lowest BCUT2D eigenvalue weighted by Crippen LogP contribution is -2.28. The van der Waals surface area contributed by atoms with E-state index in [1.807, 2.05) is 26.0 Å². The van der Waals surface area contributed by atoms with Crippen molar-refractivity contribution in [3.63, 3.8) is 0 Å². The van der Waals surface area contributed by atoms with Gasteiger partial charge in [0.15, 0.2) is 0 Å². The molecule has 3 nitrogen and oxygen atoms in total. The van der Waals surface area contributed by atoms with Crippen LogP contribution in [0.25, 0.3) is 0 Å². The van der Waals surface area contributed by atoms with Crippen LogP contribution in [0, 0.1) is 11.7 Å². The molecule has 0 saturated heterocycles. The maximum absolute atomic E-state index is 13.8. The zero-order valence-corrected chi connectivity index (χ0v) is 13.4. The zero-order chi connectivity index (χ0) is 15.5. The van der Waals surface area contributed by atoms with Gasteiger partial charge in [-0.25, -0.2) is 4.39 Å². The van der Waals surface area contributed by atoms with E-state index in [0.717, 1.165) is 31.5 Å². The Morgan fingerprint density at radius 3 is 2.62 bits per heavy atom. The Morgan fingerprint density at radius 2 is 1.95 bits per heavy atom. The molecule has 120 valence electrons. The molecule has 0 aliphatic rings. The smallest absolute Gasteiger partial charge is 0.126 e. The van der Waals surface area contributed by atoms with Gasteiger partial charge in [-0.2, -0.15) is 0 Å². The number of methoxy groups -OCH3 is 1. The molecular formula is C17H28FNO2. The van der Waals surface area contributed by atoms with Gasteiger partial charge in [0.05, 0.1) is 12.7 Å². The fourth-order valence-corrected chi connectivity index (χ4v) is 2.20. The van der Waals surface area contributed by atoms with Gasteiger partial charge in [-0.05, 0) is 50.8 Å². The fourth-order valence-electron chi connectivity index (χ4n) is 2.20. The molecule has 0 saturated carbocycles. The van der Waals surface area contributed by atoms with Gasteiger partial charge in [0.1, 0.15) is 5.82 Å². The van der Waals surface area contributed by atoms with Gasteiger partial charge in [0.2, 0.25) is 0 Å². The molecule has 0 aliphatic heterocycles. The minimum atomic E-state index is -0.121. The third-order valence-electron chi connectivity index (χ3n) is 3.36. The van der Waals surface area contributed by atoms with Crippen molar-refractivity contribution in [3.8, 4) is 0 Å². The Bertz CT molecular complexity index is 385. The molecule has 21 heavy (non-hydrogen) atoms. The molecule has 0 aromatic heterocycles. The molecule has 0 heterocycles. The van der Waals surface area contributed by atoms with Crippen LogP contribution in [0.3, 0.4) is 0 Å². The van der Waals surface area contributed by atoms with Crippen LogP contribution in [0.5, 0.6) is 0 Å². The van der Waals surface area contributed by atoms with E-state index in [9.17, 15) is 4.39 Å². The van der Waals surface area contributed by atoms with E-state index in [4.69, 9.17) is 9.47 Å². The highest BCUT2D eigenvalue weighted by Gasteiger charge is 2.12. The van der Waals surface area contributed by atoms with Crippen LogP contribution in [0.4, 0.5) is 4.39 Å². The standard InChI is InChI=1S/C17H28FNO2/c1-14(2)21-10-8-15(13-19-9-11-20-3)12-16-6-4-5-7-17(16)18/h4-7,14-15,19H,8-13H2,1-3H3. The fraction of sp³-hybridized carbons (Fsp3) is 0.647. The van der Waals surface area contributed by atoms with Gasteiger partial charge in [0.25, 0.3) is 0 Å². The molecule has 1 rings (SSSR count). The summed E-state index contributed by atoms with van der Waals surface area (Å²) in [6, 6.07) is 7.00. The summed E-state index contributed by atoms with van der Waals surface area (Å²) in [5.74, 6) is 0.238. The van der Waals surface area contributed by atoms with Crippen LogP contribution in [0.1, 0.15) is 25.8 Å². The van der Waals surface area contributed by atoms with E-state index in [0.29, 0.717) is 19.1 Å². The summed E-state index contributed by atoms with van der Waals surface area (Å²) in [6.45, 7) is 7.12. The van der Waals surface area contributed by atoms with Crippen LogP contribution in [-0.4, -0.2) is 39.5 Å². The van der Waals surface area contributed by atoms with Crippen molar-refractivity contribution in [3.05, 3.63) is 35.6 Å². The highest BCUT2D eigenvalue weighted by atomic mass is 19.1. The maximum atomic E-state index is 13.8. The van der Waals surface area contributed by atoms with E-state index in [2.05, 4.69) is 5.32 Å². The first kappa shape index (κ1) is 18.1. The number of rotatable bonds is 11. The van der Waals surface area contributed by atoms with Gasteiger partial charge in [-0.15, -0.1) is 0 Å².